The van der Waals surface area contributed by atoms with Crippen molar-refractivity contribution in [2.75, 3.05) is 0 Å². The second-order valence-corrected chi connectivity index (χ2v) is 3.37. The van der Waals surface area contributed by atoms with E-state index >= 15 is 0 Å². The Balaban J connectivity index is 3.19. The third kappa shape index (κ3) is 2.15. The number of hydrogen-bond donors (Lipinski definition) is 1. The van der Waals surface area contributed by atoms with Gasteiger partial charge in [0.1, 0.15) is 0 Å². The van der Waals surface area contributed by atoms with Crippen molar-refractivity contribution in [1.29, 1.82) is 0 Å². The summed E-state index contributed by atoms with van der Waals surface area (Å²) in [5.41, 5.74) is 0.691. The minimum atomic E-state index is -0.115. The van der Waals surface area contributed by atoms with Crippen molar-refractivity contribution in [1.82, 2.24) is 9.97 Å². The Bertz CT molecular complexity index is 306. The molecule has 0 saturated carbocycles. The summed E-state index contributed by atoms with van der Waals surface area (Å²) >= 11 is 3.11. The number of aromatic nitrogens is 2. The van der Waals surface area contributed by atoms with Crippen LogP contribution < -0.4 is 5.56 Å². The summed E-state index contributed by atoms with van der Waals surface area (Å²) in [6.45, 7) is 3.99. The average molecular weight is 217 g/mol. The molecule has 0 amide bonds. The van der Waals surface area contributed by atoms with E-state index in [-0.39, 0.29) is 11.5 Å². The predicted octanol–water partition coefficient (Wildman–Crippen LogP) is 1.66. The van der Waals surface area contributed by atoms with E-state index in [0.29, 0.717) is 4.73 Å². The van der Waals surface area contributed by atoms with Crippen molar-refractivity contribution < 1.29 is 0 Å². The highest BCUT2D eigenvalue weighted by molar-refractivity contribution is 9.10. The molecule has 1 aromatic rings. The van der Waals surface area contributed by atoms with E-state index in [9.17, 15) is 4.79 Å². The molecule has 4 heteroatoms. The Morgan fingerprint density at radius 3 is 2.73 bits per heavy atom. The molecule has 0 saturated heterocycles. The highest BCUT2D eigenvalue weighted by Gasteiger charge is 2.02. The lowest BCUT2D eigenvalue weighted by atomic mass is 10.1. The number of nitrogens with zero attached hydrogens (tertiary/aromatic N) is 1. The molecule has 0 bridgehead atoms. The number of hydrogen-bond acceptors (Lipinski definition) is 2. The summed E-state index contributed by atoms with van der Waals surface area (Å²) in [5, 5.41) is 0. The summed E-state index contributed by atoms with van der Waals surface area (Å²) in [5.74, 6) is 0.286. The fourth-order valence-corrected chi connectivity index (χ4v) is 1.14. The Morgan fingerprint density at radius 2 is 2.27 bits per heavy atom. The smallest absolute Gasteiger partial charge is 0.251 e. The van der Waals surface area contributed by atoms with Gasteiger partial charge in [-0.15, -0.1) is 0 Å². The third-order valence-corrected chi connectivity index (χ3v) is 1.70. The second kappa shape index (κ2) is 3.17. The third-order valence-electron chi connectivity index (χ3n) is 1.32. The number of nitrogens with one attached hydrogen (secondary N) is 1. The zero-order valence-electron chi connectivity index (χ0n) is 6.39. The molecule has 1 aromatic heterocycles. The molecule has 60 valence electrons. The molecule has 0 fully saturated rings. The van der Waals surface area contributed by atoms with Gasteiger partial charge in [-0.3, -0.25) is 4.79 Å². The topological polar surface area (TPSA) is 45.8 Å². The van der Waals surface area contributed by atoms with Gasteiger partial charge in [-0.25, -0.2) is 4.98 Å². The van der Waals surface area contributed by atoms with Crippen molar-refractivity contribution in [3.63, 3.8) is 0 Å². The van der Waals surface area contributed by atoms with Crippen LogP contribution in [0.15, 0.2) is 15.6 Å². The summed E-state index contributed by atoms with van der Waals surface area (Å²) in [7, 11) is 0. The zero-order valence-corrected chi connectivity index (χ0v) is 7.97. The fourth-order valence-electron chi connectivity index (χ4n) is 0.741. The van der Waals surface area contributed by atoms with Gasteiger partial charge in [0.05, 0.1) is 5.69 Å². The first-order valence-electron chi connectivity index (χ1n) is 3.36. The average Bonchev–Trinajstić information content (AvgIpc) is 1.85. The number of aromatic amines is 1. The molecule has 0 atom stereocenters. The molecule has 0 aliphatic rings. The zero-order chi connectivity index (χ0) is 8.43. The minimum Gasteiger partial charge on any atom is -0.301 e. The van der Waals surface area contributed by atoms with E-state index in [4.69, 9.17) is 0 Å². The number of halogens is 1. The molecule has 0 aliphatic heterocycles. The van der Waals surface area contributed by atoms with Crippen LogP contribution in [0.2, 0.25) is 0 Å². The molecule has 1 heterocycles. The predicted molar refractivity (Wildman–Crippen MR) is 46.6 cm³/mol. The first kappa shape index (κ1) is 8.46. The summed E-state index contributed by atoms with van der Waals surface area (Å²) < 4.78 is 0.494. The molecule has 1 N–H and O–H groups in total. The maximum Gasteiger partial charge on any atom is 0.251 e. The van der Waals surface area contributed by atoms with Gasteiger partial charge in [-0.1, -0.05) is 13.8 Å². The van der Waals surface area contributed by atoms with E-state index in [1.54, 1.807) is 0 Å². The van der Waals surface area contributed by atoms with Gasteiger partial charge in [0.15, 0.2) is 4.73 Å². The first-order valence-corrected chi connectivity index (χ1v) is 4.15. The maximum atomic E-state index is 10.9. The van der Waals surface area contributed by atoms with Crippen LogP contribution in [0.1, 0.15) is 25.5 Å². The lowest BCUT2D eigenvalue weighted by Gasteiger charge is -2.01. The van der Waals surface area contributed by atoms with Gasteiger partial charge in [0.2, 0.25) is 0 Å². The Morgan fingerprint density at radius 1 is 1.64 bits per heavy atom. The van der Waals surface area contributed by atoms with Crippen LogP contribution in [-0.2, 0) is 0 Å². The van der Waals surface area contributed by atoms with Gasteiger partial charge in [0, 0.05) is 6.07 Å². The molecular weight excluding hydrogens is 208 g/mol. The first-order chi connectivity index (χ1) is 5.09. The van der Waals surface area contributed by atoms with Crippen molar-refractivity contribution in [2.45, 2.75) is 19.8 Å². The SMILES string of the molecule is CC(C)c1cc(=O)[nH]c(Br)n1. The van der Waals surface area contributed by atoms with Crippen molar-refractivity contribution in [3.05, 3.63) is 26.8 Å². The van der Waals surface area contributed by atoms with E-state index in [1.807, 2.05) is 13.8 Å². The van der Waals surface area contributed by atoms with Gasteiger partial charge in [-0.05, 0) is 21.8 Å². The monoisotopic (exact) mass is 216 g/mol. The molecule has 0 aromatic carbocycles. The minimum absolute atomic E-state index is 0.115. The van der Waals surface area contributed by atoms with Gasteiger partial charge in [0.25, 0.3) is 5.56 Å². The van der Waals surface area contributed by atoms with Gasteiger partial charge >= 0.3 is 0 Å². The molecule has 3 nitrogen and oxygen atoms in total. The Kier molecular flexibility index (Phi) is 2.44. The molecular formula is C7H9BrN2O. The molecule has 0 unspecified atom stereocenters. The quantitative estimate of drug-likeness (QED) is 0.727. The standard InChI is InChI=1S/C7H9BrN2O/c1-4(2)5-3-6(11)10-7(8)9-5/h3-4H,1-2H3,(H,9,10,11). The summed E-state index contributed by atoms with van der Waals surface area (Å²) in [4.78, 5) is 17.5. The van der Waals surface area contributed by atoms with E-state index < -0.39 is 0 Å². The highest BCUT2D eigenvalue weighted by atomic mass is 79.9. The lowest BCUT2D eigenvalue weighted by Crippen LogP contribution is -2.09. The molecule has 0 aliphatic carbocycles. The van der Waals surface area contributed by atoms with Crippen LogP contribution in [0, 0.1) is 0 Å². The van der Waals surface area contributed by atoms with Crippen LogP contribution >= 0.6 is 15.9 Å². The normalized spacial score (nSPS) is 10.5. The fraction of sp³-hybridized carbons (Fsp3) is 0.429. The van der Waals surface area contributed by atoms with E-state index in [1.165, 1.54) is 6.07 Å². The molecule has 1 rings (SSSR count). The maximum absolute atomic E-state index is 10.9. The van der Waals surface area contributed by atoms with Crippen molar-refractivity contribution in [2.24, 2.45) is 0 Å². The van der Waals surface area contributed by atoms with Gasteiger partial charge in [-0.2, -0.15) is 0 Å². The van der Waals surface area contributed by atoms with Crippen LogP contribution in [0.4, 0.5) is 0 Å². The largest absolute Gasteiger partial charge is 0.301 e. The van der Waals surface area contributed by atoms with Crippen LogP contribution in [0.5, 0.6) is 0 Å². The van der Waals surface area contributed by atoms with E-state index in [2.05, 4.69) is 25.9 Å². The summed E-state index contributed by atoms with van der Waals surface area (Å²) in [6, 6.07) is 1.51. The molecule has 11 heavy (non-hydrogen) atoms. The summed E-state index contributed by atoms with van der Waals surface area (Å²) in [6.07, 6.45) is 0. The van der Waals surface area contributed by atoms with Crippen molar-refractivity contribution >= 4 is 15.9 Å². The van der Waals surface area contributed by atoms with Crippen molar-refractivity contribution in [3.8, 4) is 0 Å². The van der Waals surface area contributed by atoms with Crippen LogP contribution in [-0.4, -0.2) is 9.97 Å². The highest BCUT2D eigenvalue weighted by Crippen LogP contribution is 2.09. The van der Waals surface area contributed by atoms with E-state index in [0.717, 1.165) is 5.69 Å². The Labute approximate surface area is 73.0 Å². The van der Waals surface area contributed by atoms with Crippen LogP contribution in [0.25, 0.3) is 0 Å². The molecule has 0 spiro atoms. The lowest BCUT2D eigenvalue weighted by molar-refractivity contribution is 0.801. The second-order valence-electron chi connectivity index (χ2n) is 2.62. The Hall–Kier alpha value is -0.640. The number of H-pyrrole nitrogens is 1. The molecule has 0 radical (unpaired) electrons. The van der Waals surface area contributed by atoms with Gasteiger partial charge < -0.3 is 4.98 Å². The van der Waals surface area contributed by atoms with Crippen LogP contribution in [0.3, 0.4) is 0 Å². The number of rotatable bonds is 1.